The fourth-order valence-electron chi connectivity index (χ4n) is 1.45. The quantitative estimate of drug-likeness (QED) is 0.171. The molecule has 0 spiro atoms. The number of unbranched alkanes of at least 4 members (excludes halogenated alkanes) is 4. The van der Waals surface area contributed by atoms with E-state index in [4.69, 9.17) is 24.4 Å². The molecular weight excluding hydrogens is 403 g/mol. The van der Waals surface area contributed by atoms with Crippen molar-refractivity contribution in [2.75, 3.05) is 11.5 Å². The van der Waals surface area contributed by atoms with Crippen LogP contribution in [0.1, 0.15) is 91.9 Å². The Hall–Kier alpha value is 1.37. The summed E-state index contributed by atoms with van der Waals surface area (Å²) >= 11 is 14.1. The van der Waals surface area contributed by atoms with Crippen molar-refractivity contribution in [2.24, 2.45) is 0 Å². The van der Waals surface area contributed by atoms with Gasteiger partial charge in [-0.25, -0.2) is 0 Å². The number of thioether (sulfide) groups is 2. The van der Waals surface area contributed by atoms with Crippen molar-refractivity contribution < 1.29 is 16.5 Å². The summed E-state index contributed by atoms with van der Waals surface area (Å²) in [6.07, 6.45) is 12.5. The second kappa shape index (κ2) is 25.6. The molecule has 140 valence electrons. The Kier molecular flexibility index (Phi) is 32.5. The van der Waals surface area contributed by atoms with E-state index >= 15 is 0 Å². The molecule has 0 saturated carbocycles. The summed E-state index contributed by atoms with van der Waals surface area (Å²) in [5.41, 5.74) is 0. The Morgan fingerprint density at radius 2 is 0.913 bits per heavy atom. The zero-order valence-corrected chi connectivity index (χ0v) is 19.7. The summed E-state index contributed by atoms with van der Waals surface area (Å²) in [6.45, 7) is 8.85. The van der Waals surface area contributed by atoms with Gasteiger partial charge in [0.05, 0.1) is 0 Å². The van der Waals surface area contributed by atoms with Crippen molar-refractivity contribution in [1.82, 2.24) is 0 Å². The van der Waals surface area contributed by atoms with Crippen molar-refractivity contribution >= 4 is 56.4 Å². The Morgan fingerprint density at radius 1 is 0.609 bits per heavy atom. The van der Waals surface area contributed by atoms with E-state index < -0.39 is 0 Å². The van der Waals surface area contributed by atoms with Crippen molar-refractivity contribution in [3.05, 3.63) is 0 Å². The minimum Gasteiger partial charge on any atom is -0.119 e. The monoisotopic (exact) mass is 438 g/mol. The van der Waals surface area contributed by atoms with Crippen LogP contribution in [0.15, 0.2) is 0 Å². The number of hydrogen-bond acceptors (Lipinski definition) is 4. The molecule has 0 fully saturated rings. The van der Waals surface area contributed by atoms with Gasteiger partial charge >= 0.3 is 16.5 Å². The summed E-state index contributed by atoms with van der Waals surface area (Å²) < 4.78 is 2.42. The topological polar surface area (TPSA) is 0 Å². The minimum absolute atomic E-state index is 0. The van der Waals surface area contributed by atoms with E-state index in [0.29, 0.717) is 0 Å². The van der Waals surface area contributed by atoms with Gasteiger partial charge in [0.1, 0.15) is 0 Å². The van der Waals surface area contributed by atoms with Gasteiger partial charge in [-0.1, -0.05) is 77.8 Å². The van der Waals surface area contributed by atoms with E-state index in [1.165, 1.54) is 71.3 Å². The number of rotatable bonds is 12. The molecule has 0 aliphatic heterocycles. The third kappa shape index (κ3) is 28.4. The second-order valence-corrected chi connectivity index (χ2v) is 9.24. The predicted molar refractivity (Wildman–Crippen MR) is 119 cm³/mol. The Bertz CT molecular complexity index is 231. The van der Waals surface area contributed by atoms with Crippen LogP contribution >= 0.6 is 48.0 Å². The maximum absolute atomic E-state index is 5.20. The average Bonchev–Trinajstić information content (AvgIpc) is 2.52. The first-order chi connectivity index (χ1) is 10.6. The molecule has 0 saturated heterocycles. The van der Waals surface area contributed by atoms with Crippen LogP contribution in [0, 0.1) is 0 Å². The summed E-state index contributed by atoms with van der Waals surface area (Å²) in [4.78, 5) is 0. The van der Waals surface area contributed by atoms with Gasteiger partial charge in [0.2, 0.25) is 0 Å². The average molecular weight is 439 g/mol. The standard InChI is InChI=1S/2C9H18S2.Ni/c2*1-3-5-7-9(10)11-8-6-4-2;/h2*3-8H2,1-2H3;/q;;+2. The van der Waals surface area contributed by atoms with Crippen LogP contribution in [0.5, 0.6) is 0 Å². The van der Waals surface area contributed by atoms with Crippen molar-refractivity contribution in [3.8, 4) is 0 Å². The molecule has 0 aromatic heterocycles. The van der Waals surface area contributed by atoms with Crippen LogP contribution in [-0.4, -0.2) is 19.9 Å². The van der Waals surface area contributed by atoms with E-state index in [2.05, 4.69) is 27.7 Å². The molecule has 0 amide bonds. The molecule has 0 atom stereocenters. The van der Waals surface area contributed by atoms with Gasteiger partial charge < -0.3 is 0 Å². The Morgan fingerprint density at radius 3 is 1.17 bits per heavy atom. The van der Waals surface area contributed by atoms with Crippen molar-refractivity contribution in [2.45, 2.75) is 91.9 Å². The van der Waals surface area contributed by atoms with Crippen LogP contribution in [-0.2, 0) is 16.5 Å². The SMILES string of the molecule is CCCCSC(=S)CCCC.CCCCSC(=S)CCCC.[Ni+2]. The van der Waals surface area contributed by atoms with Crippen molar-refractivity contribution in [1.29, 1.82) is 0 Å². The molecule has 0 aromatic carbocycles. The molecule has 0 bridgehead atoms. The van der Waals surface area contributed by atoms with Crippen molar-refractivity contribution in [3.63, 3.8) is 0 Å². The fraction of sp³-hybridized carbons (Fsp3) is 0.889. The van der Waals surface area contributed by atoms with Crippen LogP contribution in [0.25, 0.3) is 0 Å². The van der Waals surface area contributed by atoms with E-state index in [0.717, 1.165) is 12.8 Å². The van der Waals surface area contributed by atoms with Gasteiger partial charge in [-0.2, -0.15) is 0 Å². The number of thiocarbonyl (C=S) groups is 2. The molecule has 0 rings (SSSR count). The van der Waals surface area contributed by atoms with Crippen LogP contribution in [0.2, 0.25) is 0 Å². The first-order valence-electron chi connectivity index (χ1n) is 8.93. The number of hydrogen-bond donors (Lipinski definition) is 0. The zero-order chi connectivity index (χ0) is 17.1. The second-order valence-electron chi connectivity index (χ2n) is 5.36. The molecule has 0 heterocycles. The zero-order valence-electron chi connectivity index (χ0n) is 15.4. The van der Waals surface area contributed by atoms with E-state index in [1.54, 1.807) is 0 Å². The summed E-state index contributed by atoms with van der Waals surface area (Å²) in [6, 6.07) is 0. The molecule has 0 nitrogen and oxygen atoms in total. The fourth-order valence-corrected chi connectivity index (χ4v) is 4.13. The maximum atomic E-state index is 5.20. The summed E-state index contributed by atoms with van der Waals surface area (Å²) in [5.74, 6) is 2.44. The molecule has 0 aliphatic rings. The van der Waals surface area contributed by atoms with Gasteiger partial charge in [0.15, 0.2) is 0 Å². The molecule has 0 aromatic rings. The molecule has 0 unspecified atom stereocenters. The predicted octanol–water partition coefficient (Wildman–Crippen LogP) is 8.07. The van der Waals surface area contributed by atoms with Gasteiger partial charge in [-0.3, -0.25) is 0 Å². The van der Waals surface area contributed by atoms with E-state index in [9.17, 15) is 0 Å². The molecular formula is C18H36NiS4+2. The Labute approximate surface area is 175 Å². The largest absolute Gasteiger partial charge is 2.00 e. The first-order valence-corrected chi connectivity index (χ1v) is 11.7. The van der Waals surface area contributed by atoms with Gasteiger partial charge in [-0.15, -0.1) is 23.5 Å². The van der Waals surface area contributed by atoms with E-state index in [1.807, 2.05) is 23.5 Å². The molecule has 23 heavy (non-hydrogen) atoms. The smallest absolute Gasteiger partial charge is 0.119 e. The van der Waals surface area contributed by atoms with Gasteiger partial charge in [-0.05, 0) is 50.0 Å². The van der Waals surface area contributed by atoms with Gasteiger partial charge in [0, 0.05) is 8.39 Å². The minimum atomic E-state index is 0. The van der Waals surface area contributed by atoms with Crippen LogP contribution < -0.4 is 0 Å². The maximum Gasteiger partial charge on any atom is 2.00 e. The Balaban J connectivity index is -0.000000333. The normalized spacial score (nSPS) is 9.57. The van der Waals surface area contributed by atoms with Crippen LogP contribution in [0.3, 0.4) is 0 Å². The van der Waals surface area contributed by atoms with Crippen LogP contribution in [0.4, 0.5) is 0 Å². The summed E-state index contributed by atoms with van der Waals surface area (Å²) in [7, 11) is 0. The molecule has 0 radical (unpaired) electrons. The molecule has 5 heteroatoms. The van der Waals surface area contributed by atoms with Gasteiger partial charge in [0.25, 0.3) is 0 Å². The first kappa shape index (κ1) is 29.1. The summed E-state index contributed by atoms with van der Waals surface area (Å²) in [5, 5.41) is 0. The third-order valence-corrected chi connectivity index (χ3v) is 6.14. The van der Waals surface area contributed by atoms with E-state index in [-0.39, 0.29) is 16.5 Å². The molecule has 0 N–H and O–H groups in total. The third-order valence-electron chi connectivity index (χ3n) is 2.99. The molecule has 0 aliphatic carbocycles.